The molecule has 21 heavy (non-hydrogen) atoms. The number of nitrogens with zero attached hydrogens (tertiary/aromatic N) is 2. The molecule has 0 aromatic carbocycles. The van der Waals surface area contributed by atoms with Crippen LogP contribution in [0.15, 0.2) is 4.99 Å². The zero-order chi connectivity index (χ0) is 15.7. The van der Waals surface area contributed by atoms with E-state index in [1.54, 1.807) is 7.05 Å². The van der Waals surface area contributed by atoms with Crippen LogP contribution in [0.2, 0.25) is 0 Å². The predicted octanol–water partition coefficient (Wildman–Crippen LogP) is 0.692. The van der Waals surface area contributed by atoms with E-state index in [-0.39, 0.29) is 11.8 Å². The van der Waals surface area contributed by atoms with Gasteiger partial charge in [-0.15, -0.1) is 0 Å². The highest BCUT2D eigenvalue weighted by Gasteiger charge is 2.21. The first kappa shape index (κ1) is 17.8. The molecular formula is C15H30N4O2. The summed E-state index contributed by atoms with van der Waals surface area (Å²) in [6.45, 7) is 7.46. The van der Waals surface area contributed by atoms with Crippen LogP contribution >= 0.6 is 0 Å². The largest absolute Gasteiger partial charge is 0.379 e. The standard InChI is InChI=1S/C15H30N4O2/c1-12(2)14(20)17-7-8-18-15(16-3)19(4)9-10-21-11-13-5-6-13/h12-13H,5-11H2,1-4H3,(H,16,18)(H,17,20). The van der Waals surface area contributed by atoms with Crippen LogP contribution in [0, 0.1) is 11.8 Å². The van der Waals surface area contributed by atoms with Gasteiger partial charge in [0.15, 0.2) is 5.96 Å². The van der Waals surface area contributed by atoms with E-state index in [0.717, 1.165) is 31.6 Å². The van der Waals surface area contributed by atoms with E-state index in [2.05, 4.69) is 15.6 Å². The van der Waals surface area contributed by atoms with Crippen molar-refractivity contribution in [1.82, 2.24) is 15.5 Å². The van der Waals surface area contributed by atoms with E-state index in [9.17, 15) is 4.79 Å². The van der Waals surface area contributed by atoms with Gasteiger partial charge >= 0.3 is 0 Å². The molecule has 0 aliphatic heterocycles. The molecule has 0 atom stereocenters. The Bertz CT molecular complexity index is 341. The van der Waals surface area contributed by atoms with Crippen molar-refractivity contribution in [2.45, 2.75) is 26.7 Å². The minimum Gasteiger partial charge on any atom is -0.379 e. The lowest BCUT2D eigenvalue weighted by atomic mass is 10.2. The minimum absolute atomic E-state index is 0.0237. The van der Waals surface area contributed by atoms with Crippen molar-refractivity contribution in [1.29, 1.82) is 0 Å². The van der Waals surface area contributed by atoms with Crippen LogP contribution in [0.5, 0.6) is 0 Å². The molecule has 6 nitrogen and oxygen atoms in total. The number of carbonyl (C=O) groups excluding carboxylic acids is 1. The first-order chi connectivity index (χ1) is 10.0. The SMILES string of the molecule is CN=C(NCCNC(=O)C(C)C)N(C)CCOCC1CC1. The second-order valence-electron chi connectivity index (χ2n) is 5.86. The molecule has 0 aromatic heterocycles. The average molecular weight is 298 g/mol. The van der Waals surface area contributed by atoms with Gasteiger partial charge in [0.05, 0.1) is 6.61 Å². The Balaban J connectivity index is 2.09. The Kier molecular flexibility index (Phi) is 8.12. The molecule has 1 saturated carbocycles. The Morgan fingerprint density at radius 1 is 1.33 bits per heavy atom. The van der Waals surface area contributed by atoms with E-state index in [0.29, 0.717) is 13.1 Å². The molecule has 0 bridgehead atoms. The van der Waals surface area contributed by atoms with E-state index < -0.39 is 0 Å². The second-order valence-corrected chi connectivity index (χ2v) is 5.86. The molecule has 0 radical (unpaired) electrons. The molecule has 0 heterocycles. The number of carbonyl (C=O) groups is 1. The molecule has 0 unspecified atom stereocenters. The monoisotopic (exact) mass is 298 g/mol. The Morgan fingerprint density at radius 3 is 2.57 bits per heavy atom. The van der Waals surface area contributed by atoms with Gasteiger partial charge in [0, 0.05) is 46.3 Å². The maximum absolute atomic E-state index is 11.4. The van der Waals surface area contributed by atoms with Crippen molar-refractivity contribution < 1.29 is 9.53 Å². The quantitative estimate of drug-likeness (QED) is 0.373. The Morgan fingerprint density at radius 2 is 2.00 bits per heavy atom. The number of nitrogens with one attached hydrogen (secondary N) is 2. The lowest BCUT2D eigenvalue weighted by molar-refractivity contribution is -0.123. The summed E-state index contributed by atoms with van der Waals surface area (Å²) in [7, 11) is 3.75. The highest BCUT2D eigenvalue weighted by atomic mass is 16.5. The number of hydrogen-bond acceptors (Lipinski definition) is 3. The number of rotatable bonds is 9. The summed E-state index contributed by atoms with van der Waals surface area (Å²) in [4.78, 5) is 17.7. The summed E-state index contributed by atoms with van der Waals surface area (Å²) in [5, 5.41) is 6.10. The van der Waals surface area contributed by atoms with E-state index in [1.807, 2.05) is 25.8 Å². The van der Waals surface area contributed by atoms with Gasteiger partial charge in [-0.05, 0) is 18.8 Å². The maximum Gasteiger partial charge on any atom is 0.222 e. The zero-order valence-corrected chi connectivity index (χ0v) is 13.8. The number of likely N-dealkylation sites (N-methyl/N-ethyl adjacent to an activating group) is 1. The fourth-order valence-corrected chi connectivity index (χ4v) is 1.79. The maximum atomic E-state index is 11.4. The van der Waals surface area contributed by atoms with Crippen molar-refractivity contribution in [2.75, 3.05) is 46.9 Å². The molecule has 0 saturated heterocycles. The zero-order valence-electron chi connectivity index (χ0n) is 13.8. The molecular weight excluding hydrogens is 268 g/mol. The smallest absolute Gasteiger partial charge is 0.222 e. The van der Waals surface area contributed by atoms with Gasteiger partial charge in [0.1, 0.15) is 0 Å². The Labute approximate surface area is 128 Å². The van der Waals surface area contributed by atoms with E-state index in [1.165, 1.54) is 12.8 Å². The fraction of sp³-hybridized carbons (Fsp3) is 0.867. The molecule has 1 rings (SSSR count). The minimum atomic E-state index is 0.0237. The van der Waals surface area contributed by atoms with Crippen LogP contribution in [-0.2, 0) is 9.53 Å². The summed E-state index contributed by atoms with van der Waals surface area (Å²) < 4.78 is 5.62. The molecule has 1 amide bonds. The highest BCUT2D eigenvalue weighted by Crippen LogP contribution is 2.28. The summed E-state index contributed by atoms with van der Waals surface area (Å²) in [6.07, 6.45) is 2.64. The summed E-state index contributed by atoms with van der Waals surface area (Å²) >= 11 is 0. The molecule has 0 aromatic rings. The van der Waals surface area contributed by atoms with Crippen molar-refractivity contribution in [3.63, 3.8) is 0 Å². The third-order valence-corrected chi connectivity index (χ3v) is 3.43. The van der Waals surface area contributed by atoms with Gasteiger partial charge in [0.2, 0.25) is 5.91 Å². The van der Waals surface area contributed by atoms with Crippen molar-refractivity contribution in [3.8, 4) is 0 Å². The van der Waals surface area contributed by atoms with Gasteiger partial charge < -0.3 is 20.3 Å². The summed E-state index contributed by atoms with van der Waals surface area (Å²) in [5.41, 5.74) is 0. The van der Waals surface area contributed by atoms with Crippen molar-refractivity contribution >= 4 is 11.9 Å². The lowest BCUT2D eigenvalue weighted by Gasteiger charge is -2.22. The second kappa shape index (κ2) is 9.60. The van der Waals surface area contributed by atoms with Crippen molar-refractivity contribution in [2.24, 2.45) is 16.8 Å². The number of guanidine groups is 1. The van der Waals surface area contributed by atoms with Crippen LogP contribution in [-0.4, -0.2) is 63.7 Å². The Hall–Kier alpha value is -1.30. The number of ether oxygens (including phenoxy) is 1. The molecule has 1 fully saturated rings. The topological polar surface area (TPSA) is 66.0 Å². The van der Waals surface area contributed by atoms with Gasteiger partial charge in [0.25, 0.3) is 0 Å². The highest BCUT2D eigenvalue weighted by molar-refractivity contribution is 5.80. The van der Waals surface area contributed by atoms with Crippen LogP contribution in [0.25, 0.3) is 0 Å². The molecule has 6 heteroatoms. The summed E-state index contributed by atoms with van der Waals surface area (Å²) in [6, 6.07) is 0. The fourth-order valence-electron chi connectivity index (χ4n) is 1.79. The normalized spacial score (nSPS) is 15.2. The lowest BCUT2D eigenvalue weighted by Crippen LogP contribution is -2.44. The number of amides is 1. The molecule has 2 N–H and O–H groups in total. The molecule has 0 spiro atoms. The van der Waals surface area contributed by atoms with E-state index in [4.69, 9.17) is 4.74 Å². The third-order valence-electron chi connectivity index (χ3n) is 3.43. The van der Waals surface area contributed by atoms with Crippen LogP contribution in [0.1, 0.15) is 26.7 Å². The molecule has 122 valence electrons. The van der Waals surface area contributed by atoms with Gasteiger partial charge in [-0.2, -0.15) is 0 Å². The number of hydrogen-bond donors (Lipinski definition) is 2. The van der Waals surface area contributed by atoms with Gasteiger partial charge in [-0.3, -0.25) is 9.79 Å². The van der Waals surface area contributed by atoms with Crippen LogP contribution in [0.4, 0.5) is 0 Å². The van der Waals surface area contributed by atoms with Crippen LogP contribution < -0.4 is 10.6 Å². The molecule has 1 aliphatic carbocycles. The molecule has 1 aliphatic rings. The van der Waals surface area contributed by atoms with Gasteiger partial charge in [-0.1, -0.05) is 13.8 Å². The van der Waals surface area contributed by atoms with Gasteiger partial charge in [-0.25, -0.2) is 0 Å². The number of aliphatic imine (C=N–C) groups is 1. The predicted molar refractivity (Wildman–Crippen MR) is 85.4 cm³/mol. The average Bonchev–Trinajstić information content (AvgIpc) is 3.27. The first-order valence-electron chi connectivity index (χ1n) is 7.81. The van der Waals surface area contributed by atoms with E-state index >= 15 is 0 Å². The summed E-state index contributed by atoms with van der Waals surface area (Å²) in [5.74, 6) is 1.73. The third kappa shape index (κ3) is 7.90. The van der Waals surface area contributed by atoms with Crippen molar-refractivity contribution in [3.05, 3.63) is 0 Å². The van der Waals surface area contributed by atoms with Crippen LogP contribution in [0.3, 0.4) is 0 Å². The first-order valence-corrected chi connectivity index (χ1v) is 7.81.